The SMILES string of the molecule is Cc1ccc2nc3c(cc(C(=O)N(C)C)n3C)c(=O)n2c1. The lowest BCUT2D eigenvalue weighted by molar-refractivity contribution is 0.0819. The number of carbonyl (C=O) groups is 1. The molecule has 0 spiro atoms. The van der Waals surface area contributed by atoms with Gasteiger partial charge in [0.2, 0.25) is 0 Å². The van der Waals surface area contributed by atoms with Crippen molar-refractivity contribution >= 4 is 22.6 Å². The normalized spacial score (nSPS) is 11.2. The minimum atomic E-state index is -0.160. The molecule has 0 saturated carbocycles. The van der Waals surface area contributed by atoms with Crippen LogP contribution in [-0.4, -0.2) is 38.9 Å². The van der Waals surface area contributed by atoms with Gasteiger partial charge in [-0.25, -0.2) is 4.98 Å². The smallest absolute Gasteiger partial charge is 0.270 e. The fourth-order valence-electron chi connectivity index (χ4n) is 2.41. The third-order valence-corrected chi connectivity index (χ3v) is 3.57. The van der Waals surface area contributed by atoms with Crippen molar-refractivity contribution in [2.45, 2.75) is 6.92 Å². The molecule has 0 aliphatic carbocycles. The highest BCUT2D eigenvalue weighted by atomic mass is 16.2. The second-order valence-corrected chi connectivity index (χ2v) is 5.38. The van der Waals surface area contributed by atoms with E-state index in [1.807, 2.05) is 13.0 Å². The van der Waals surface area contributed by atoms with E-state index in [-0.39, 0.29) is 11.5 Å². The van der Waals surface area contributed by atoms with E-state index in [1.54, 1.807) is 44.0 Å². The van der Waals surface area contributed by atoms with Crippen molar-refractivity contribution in [3.05, 3.63) is 46.0 Å². The molecule has 3 aromatic rings. The zero-order valence-corrected chi connectivity index (χ0v) is 12.4. The van der Waals surface area contributed by atoms with Gasteiger partial charge in [0.05, 0.1) is 5.39 Å². The van der Waals surface area contributed by atoms with Gasteiger partial charge in [-0.3, -0.25) is 14.0 Å². The number of nitrogens with zero attached hydrogens (tertiary/aromatic N) is 4. The molecule has 21 heavy (non-hydrogen) atoms. The maximum Gasteiger partial charge on any atom is 0.270 e. The molecule has 1 amide bonds. The molecule has 0 bridgehead atoms. The van der Waals surface area contributed by atoms with E-state index < -0.39 is 0 Å². The fraction of sp³-hybridized carbons (Fsp3) is 0.267. The highest BCUT2D eigenvalue weighted by Crippen LogP contribution is 2.16. The Hall–Kier alpha value is -2.63. The number of carbonyl (C=O) groups excluding carboxylic acids is 1. The lowest BCUT2D eigenvalue weighted by Gasteiger charge is -2.10. The van der Waals surface area contributed by atoms with Crippen molar-refractivity contribution in [3.8, 4) is 0 Å². The predicted molar refractivity (Wildman–Crippen MR) is 80.7 cm³/mol. The lowest BCUT2D eigenvalue weighted by Crippen LogP contribution is -2.23. The van der Waals surface area contributed by atoms with Gasteiger partial charge < -0.3 is 9.47 Å². The lowest BCUT2D eigenvalue weighted by atomic mass is 10.3. The maximum absolute atomic E-state index is 12.6. The molecule has 108 valence electrons. The molecular formula is C15H16N4O2. The van der Waals surface area contributed by atoms with Crippen LogP contribution in [0.15, 0.2) is 29.2 Å². The summed E-state index contributed by atoms with van der Waals surface area (Å²) < 4.78 is 3.18. The molecule has 0 unspecified atom stereocenters. The van der Waals surface area contributed by atoms with Crippen molar-refractivity contribution in [1.29, 1.82) is 0 Å². The van der Waals surface area contributed by atoms with Crippen LogP contribution in [0.25, 0.3) is 16.7 Å². The Balaban J connectivity index is 2.42. The van der Waals surface area contributed by atoms with E-state index in [1.165, 1.54) is 9.30 Å². The highest BCUT2D eigenvalue weighted by molar-refractivity contribution is 5.97. The van der Waals surface area contributed by atoms with Crippen molar-refractivity contribution in [2.75, 3.05) is 14.1 Å². The van der Waals surface area contributed by atoms with Crippen LogP contribution in [0.4, 0.5) is 0 Å². The topological polar surface area (TPSA) is 59.6 Å². The molecule has 0 fully saturated rings. The molecule has 0 saturated heterocycles. The average Bonchev–Trinajstić information content (AvgIpc) is 2.77. The molecular weight excluding hydrogens is 268 g/mol. The molecule has 3 heterocycles. The van der Waals surface area contributed by atoms with Crippen molar-refractivity contribution < 1.29 is 4.79 Å². The van der Waals surface area contributed by atoms with Crippen molar-refractivity contribution in [3.63, 3.8) is 0 Å². The molecule has 3 rings (SSSR count). The van der Waals surface area contributed by atoms with Crippen molar-refractivity contribution in [2.24, 2.45) is 7.05 Å². The Labute approximate surface area is 121 Å². The molecule has 3 aromatic heterocycles. The minimum absolute atomic E-state index is 0.153. The quantitative estimate of drug-likeness (QED) is 0.674. The summed E-state index contributed by atoms with van der Waals surface area (Å²) in [6.07, 6.45) is 1.75. The number of amides is 1. The standard InChI is InChI=1S/C15H16N4O2/c1-9-5-6-12-16-13-10(14(20)19(12)8-9)7-11(18(13)4)15(21)17(2)3/h5-8H,1-4H3. The first kappa shape index (κ1) is 13.4. The van der Waals surface area contributed by atoms with E-state index in [2.05, 4.69) is 4.98 Å². The maximum atomic E-state index is 12.6. The summed E-state index contributed by atoms with van der Waals surface area (Å²) >= 11 is 0. The fourth-order valence-corrected chi connectivity index (χ4v) is 2.41. The number of hydrogen-bond donors (Lipinski definition) is 0. The Kier molecular flexibility index (Phi) is 2.83. The molecule has 0 N–H and O–H groups in total. The Morgan fingerprint density at radius 2 is 2.00 bits per heavy atom. The van der Waals surface area contributed by atoms with Gasteiger partial charge in [0.15, 0.2) is 0 Å². The summed E-state index contributed by atoms with van der Waals surface area (Å²) in [7, 11) is 5.11. The van der Waals surface area contributed by atoms with E-state index in [9.17, 15) is 9.59 Å². The summed E-state index contributed by atoms with van der Waals surface area (Å²) in [5.74, 6) is -0.153. The first-order valence-corrected chi connectivity index (χ1v) is 6.60. The van der Waals surface area contributed by atoms with Gasteiger partial charge in [-0.05, 0) is 24.6 Å². The predicted octanol–water partition coefficient (Wildman–Crippen LogP) is 1.20. The Morgan fingerprint density at radius 1 is 1.29 bits per heavy atom. The molecule has 6 heteroatoms. The highest BCUT2D eigenvalue weighted by Gasteiger charge is 2.18. The van der Waals surface area contributed by atoms with Gasteiger partial charge in [0.1, 0.15) is 17.0 Å². The Bertz CT molecular complexity index is 934. The van der Waals surface area contributed by atoms with Crippen LogP contribution < -0.4 is 5.56 Å². The number of aryl methyl sites for hydroxylation is 2. The average molecular weight is 284 g/mol. The summed E-state index contributed by atoms with van der Waals surface area (Å²) in [6, 6.07) is 5.32. The third-order valence-electron chi connectivity index (χ3n) is 3.57. The van der Waals surface area contributed by atoms with Crippen LogP contribution in [0.5, 0.6) is 0 Å². The second kappa shape index (κ2) is 4.44. The van der Waals surface area contributed by atoms with Crippen LogP contribution in [0, 0.1) is 6.92 Å². The molecule has 0 radical (unpaired) electrons. The molecule has 0 aromatic carbocycles. The van der Waals surface area contributed by atoms with Crippen LogP contribution in [0.1, 0.15) is 16.1 Å². The molecule has 6 nitrogen and oxygen atoms in total. The zero-order valence-electron chi connectivity index (χ0n) is 12.4. The summed E-state index contributed by atoms with van der Waals surface area (Å²) in [4.78, 5) is 30.7. The third kappa shape index (κ3) is 1.91. The summed E-state index contributed by atoms with van der Waals surface area (Å²) in [5, 5.41) is 0.450. The molecule has 0 aliphatic rings. The van der Waals surface area contributed by atoms with Crippen LogP contribution in [0.2, 0.25) is 0 Å². The zero-order chi connectivity index (χ0) is 15.3. The first-order valence-electron chi connectivity index (χ1n) is 6.60. The number of pyridine rings is 1. The van der Waals surface area contributed by atoms with Crippen molar-refractivity contribution in [1.82, 2.24) is 18.9 Å². The van der Waals surface area contributed by atoms with E-state index in [0.717, 1.165) is 5.56 Å². The number of aromatic nitrogens is 3. The van der Waals surface area contributed by atoms with Crippen LogP contribution in [0.3, 0.4) is 0 Å². The van der Waals surface area contributed by atoms with E-state index >= 15 is 0 Å². The minimum Gasteiger partial charge on any atom is -0.343 e. The van der Waals surface area contributed by atoms with Gasteiger partial charge in [0.25, 0.3) is 11.5 Å². The van der Waals surface area contributed by atoms with E-state index in [4.69, 9.17) is 0 Å². The van der Waals surface area contributed by atoms with Gasteiger partial charge in [0, 0.05) is 27.3 Å². The Morgan fingerprint density at radius 3 is 2.67 bits per heavy atom. The van der Waals surface area contributed by atoms with Gasteiger partial charge in [-0.15, -0.1) is 0 Å². The van der Waals surface area contributed by atoms with Gasteiger partial charge >= 0.3 is 0 Å². The van der Waals surface area contributed by atoms with Gasteiger partial charge in [-0.2, -0.15) is 0 Å². The number of hydrogen-bond acceptors (Lipinski definition) is 3. The van der Waals surface area contributed by atoms with E-state index in [0.29, 0.717) is 22.4 Å². The van der Waals surface area contributed by atoms with Crippen LogP contribution in [-0.2, 0) is 7.05 Å². The van der Waals surface area contributed by atoms with Gasteiger partial charge in [-0.1, -0.05) is 6.07 Å². The largest absolute Gasteiger partial charge is 0.343 e. The number of rotatable bonds is 1. The summed E-state index contributed by atoms with van der Waals surface area (Å²) in [5.41, 5.74) is 2.36. The summed E-state index contributed by atoms with van der Waals surface area (Å²) in [6.45, 7) is 1.92. The molecule has 0 aliphatic heterocycles. The monoisotopic (exact) mass is 284 g/mol. The molecule has 0 atom stereocenters. The van der Waals surface area contributed by atoms with Crippen LogP contribution >= 0.6 is 0 Å². The first-order chi connectivity index (χ1) is 9.90. The number of fused-ring (bicyclic) bond motifs is 2. The second-order valence-electron chi connectivity index (χ2n) is 5.38.